The van der Waals surface area contributed by atoms with Crippen LogP contribution in [0, 0.1) is 15.9 Å². The summed E-state index contributed by atoms with van der Waals surface area (Å²) < 4.78 is 13.9. The highest BCUT2D eigenvalue weighted by Gasteiger charge is 2.18. The van der Waals surface area contributed by atoms with Crippen molar-refractivity contribution in [1.82, 2.24) is 0 Å². The molecule has 0 radical (unpaired) electrons. The van der Waals surface area contributed by atoms with Crippen molar-refractivity contribution in [1.29, 1.82) is 0 Å². The lowest BCUT2D eigenvalue weighted by atomic mass is 9.99. The molecule has 0 fully saturated rings. The number of rotatable bonds is 4. The van der Waals surface area contributed by atoms with E-state index in [0.29, 0.717) is 0 Å². The number of benzene rings is 3. The zero-order chi connectivity index (χ0) is 17.1. The van der Waals surface area contributed by atoms with E-state index >= 15 is 0 Å². The summed E-state index contributed by atoms with van der Waals surface area (Å²) in [5.74, 6) is -1.37. The van der Waals surface area contributed by atoms with Crippen molar-refractivity contribution in [2.45, 2.75) is 0 Å². The van der Waals surface area contributed by atoms with Crippen LogP contribution >= 0.6 is 0 Å². The molecule has 0 aliphatic heterocycles. The van der Waals surface area contributed by atoms with Crippen molar-refractivity contribution >= 4 is 11.5 Å². The molecule has 0 atom stereocenters. The number of hydrogen-bond acceptors (Lipinski definition) is 3. The van der Waals surface area contributed by atoms with Crippen LogP contribution in [-0.2, 0) is 0 Å². The lowest BCUT2D eigenvalue weighted by molar-refractivity contribution is -0.384. The molecule has 0 aliphatic rings. The molecule has 0 N–H and O–H groups in total. The SMILES string of the molecule is O=C(c1ccc(-c2ccccc2)cc1)c1cc([N+](=O)[O-])ccc1F. The first kappa shape index (κ1) is 15.6. The Kier molecular flexibility index (Phi) is 4.16. The second-order valence-corrected chi connectivity index (χ2v) is 5.19. The second-order valence-electron chi connectivity index (χ2n) is 5.19. The molecule has 0 heterocycles. The van der Waals surface area contributed by atoms with Gasteiger partial charge in [-0.25, -0.2) is 4.39 Å². The molecule has 0 bridgehead atoms. The van der Waals surface area contributed by atoms with Crippen LogP contribution in [0.4, 0.5) is 10.1 Å². The minimum Gasteiger partial charge on any atom is -0.288 e. The quantitative estimate of drug-likeness (QED) is 0.400. The molecule has 3 aromatic rings. The number of halogens is 1. The van der Waals surface area contributed by atoms with E-state index in [-0.39, 0.29) is 16.8 Å². The molecule has 118 valence electrons. The number of nitrogens with zero attached hydrogens (tertiary/aromatic N) is 1. The molecule has 0 aliphatic carbocycles. The van der Waals surface area contributed by atoms with Crippen LogP contribution in [0.1, 0.15) is 15.9 Å². The summed E-state index contributed by atoms with van der Waals surface area (Å²) in [6.07, 6.45) is 0. The average Bonchev–Trinajstić information content (AvgIpc) is 2.62. The van der Waals surface area contributed by atoms with Crippen molar-refractivity contribution in [3.63, 3.8) is 0 Å². The molecule has 5 heteroatoms. The van der Waals surface area contributed by atoms with Gasteiger partial charge in [-0.1, -0.05) is 54.6 Å². The van der Waals surface area contributed by atoms with E-state index in [9.17, 15) is 19.3 Å². The van der Waals surface area contributed by atoms with Crippen LogP contribution in [0.5, 0.6) is 0 Å². The fourth-order valence-electron chi connectivity index (χ4n) is 2.40. The Bertz CT molecular complexity index is 906. The van der Waals surface area contributed by atoms with Gasteiger partial charge in [-0.15, -0.1) is 0 Å². The van der Waals surface area contributed by atoms with Crippen LogP contribution in [-0.4, -0.2) is 10.7 Å². The Morgan fingerprint density at radius 1 is 0.875 bits per heavy atom. The summed E-state index contributed by atoms with van der Waals surface area (Å²) in [5, 5.41) is 10.8. The normalized spacial score (nSPS) is 10.4. The zero-order valence-electron chi connectivity index (χ0n) is 12.5. The van der Waals surface area contributed by atoms with E-state index in [1.807, 2.05) is 30.3 Å². The Labute approximate surface area is 137 Å². The van der Waals surface area contributed by atoms with Gasteiger partial charge < -0.3 is 0 Å². The fraction of sp³-hybridized carbons (Fsp3) is 0. The van der Waals surface area contributed by atoms with Crippen LogP contribution < -0.4 is 0 Å². The van der Waals surface area contributed by atoms with Gasteiger partial charge in [0.25, 0.3) is 5.69 Å². The van der Waals surface area contributed by atoms with Gasteiger partial charge in [0, 0.05) is 17.7 Å². The molecule has 0 saturated carbocycles. The van der Waals surface area contributed by atoms with Crippen LogP contribution in [0.2, 0.25) is 0 Å². The predicted molar refractivity (Wildman–Crippen MR) is 88.4 cm³/mol. The highest BCUT2D eigenvalue weighted by molar-refractivity contribution is 6.09. The monoisotopic (exact) mass is 321 g/mol. The maximum atomic E-state index is 13.9. The minimum absolute atomic E-state index is 0.272. The maximum Gasteiger partial charge on any atom is 0.270 e. The number of carbonyl (C=O) groups is 1. The molecule has 0 saturated heterocycles. The van der Waals surface area contributed by atoms with E-state index in [1.54, 1.807) is 24.3 Å². The standard InChI is InChI=1S/C19H12FNO3/c20-18-11-10-16(21(23)24)12-17(18)19(22)15-8-6-14(7-9-15)13-4-2-1-3-5-13/h1-12H. The maximum absolute atomic E-state index is 13.9. The highest BCUT2D eigenvalue weighted by atomic mass is 19.1. The van der Waals surface area contributed by atoms with Gasteiger partial charge in [0.15, 0.2) is 5.78 Å². The molecule has 0 amide bonds. The number of nitro benzene ring substituents is 1. The average molecular weight is 321 g/mol. The van der Waals surface area contributed by atoms with Crippen LogP contribution in [0.3, 0.4) is 0 Å². The third-order valence-electron chi connectivity index (χ3n) is 3.66. The van der Waals surface area contributed by atoms with Crippen molar-refractivity contribution < 1.29 is 14.1 Å². The highest BCUT2D eigenvalue weighted by Crippen LogP contribution is 2.23. The smallest absolute Gasteiger partial charge is 0.270 e. The largest absolute Gasteiger partial charge is 0.288 e. The first-order chi connectivity index (χ1) is 11.6. The van der Waals surface area contributed by atoms with Crippen molar-refractivity contribution in [2.75, 3.05) is 0 Å². The minimum atomic E-state index is -0.780. The van der Waals surface area contributed by atoms with E-state index < -0.39 is 16.5 Å². The summed E-state index contributed by atoms with van der Waals surface area (Å²) in [6, 6.07) is 19.2. The molecule has 24 heavy (non-hydrogen) atoms. The number of non-ortho nitro benzene ring substituents is 1. The first-order valence-electron chi connectivity index (χ1n) is 7.20. The number of nitro groups is 1. The van der Waals surface area contributed by atoms with E-state index in [4.69, 9.17) is 0 Å². The van der Waals surface area contributed by atoms with Gasteiger partial charge in [-0.05, 0) is 17.2 Å². The summed E-state index contributed by atoms with van der Waals surface area (Å²) in [7, 11) is 0. The molecule has 0 aromatic heterocycles. The molecular weight excluding hydrogens is 309 g/mol. The van der Waals surface area contributed by atoms with E-state index in [0.717, 1.165) is 29.3 Å². The van der Waals surface area contributed by atoms with Gasteiger partial charge in [0.05, 0.1) is 10.5 Å². The summed E-state index contributed by atoms with van der Waals surface area (Å²) in [6.45, 7) is 0. The van der Waals surface area contributed by atoms with Gasteiger partial charge in [0.2, 0.25) is 0 Å². The van der Waals surface area contributed by atoms with Gasteiger partial charge in [-0.3, -0.25) is 14.9 Å². The van der Waals surface area contributed by atoms with Gasteiger partial charge >= 0.3 is 0 Å². The third kappa shape index (κ3) is 3.05. The lowest BCUT2D eigenvalue weighted by Crippen LogP contribution is -2.05. The lowest BCUT2D eigenvalue weighted by Gasteiger charge is -2.05. The number of ketones is 1. The molecule has 0 unspecified atom stereocenters. The van der Waals surface area contributed by atoms with Crippen molar-refractivity contribution in [2.24, 2.45) is 0 Å². The molecular formula is C19H12FNO3. The van der Waals surface area contributed by atoms with Crippen LogP contribution in [0.15, 0.2) is 72.8 Å². The molecule has 0 spiro atoms. The third-order valence-corrected chi connectivity index (χ3v) is 3.66. The Morgan fingerprint density at radius 3 is 2.12 bits per heavy atom. The topological polar surface area (TPSA) is 60.2 Å². The molecule has 3 rings (SSSR count). The van der Waals surface area contributed by atoms with Crippen molar-refractivity contribution in [3.05, 3.63) is 99.9 Å². The van der Waals surface area contributed by atoms with Gasteiger partial charge in [0.1, 0.15) is 5.82 Å². The molecule has 3 aromatic carbocycles. The first-order valence-corrected chi connectivity index (χ1v) is 7.20. The van der Waals surface area contributed by atoms with Gasteiger partial charge in [-0.2, -0.15) is 0 Å². The Morgan fingerprint density at radius 2 is 1.50 bits per heavy atom. The zero-order valence-corrected chi connectivity index (χ0v) is 12.5. The number of carbonyl (C=O) groups excluding carboxylic acids is 1. The van der Waals surface area contributed by atoms with E-state index in [2.05, 4.69) is 0 Å². The fourth-order valence-corrected chi connectivity index (χ4v) is 2.40. The predicted octanol–water partition coefficient (Wildman–Crippen LogP) is 4.63. The summed E-state index contributed by atoms with van der Waals surface area (Å²) >= 11 is 0. The summed E-state index contributed by atoms with van der Waals surface area (Å²) in [5.41, 5.74) is 1.57. The van der Waals surface area contributed by atoms with Crippen molar-refractivity contribution in [3.8, 4) is 11.1 Å². The Hall–Kier alpha value is -3.34. The molecule has 4 nitrogen and oxygen atoms in total. The van der Waals surface area contributed by atoms with Crippen LogP contribution in [0.25, 0.3) is 11.1 Å². The Balaban J connectivity index is 1.94. The van der Waals surface area contributed by atoms with E-state index in [1.165, 1.54) is 0 Å². The number of hydrogen-bond donors (Lipinski definition) is 0. The summed E-state index contributed by atoms with van der Waals surface area (Å²) in [4.78, 5) is 22.6. The second kappa shape index (κ2) is 6.42.